The molecule has 0 atom stereocenters. The lowest BCUT2D eigenvalue weighted by Crippen LogP contribution is -2.74. The van der Waals surface area contributed by atoms with Gasteiger partial charge in [-0.1, -0.05) is 249 Å². The SMILES string of the molecule is c1ccc([Si](c2ccccc2)(c2ccccc2)c2ccc(-c3cccc(-c4cc(-c5ccc([Si](c6ccccc6)(c6ccccc6)c6ccccc6)cc5)ccn4)c3)cc2)cc1. The minimum Gasteiger partial charge on any atom is -0.256 e. The number of pyridine rings is 1. The Kier molecular flexibility index (Phi) is 10.8. The van der Waals surface area contributed by atoms with Crippen molar-refractivity contribution in [3.8, 4) is 33.5 Å². The van der Waals surface area contributed by atoms with E-state index in [1.54, 1.807) is 0 Å². The number of hydrogen-bond donors (Lipinski definition) is 0. The predicted octanol–water partition coefficient (Wildman–Crippen LogP) is 8.84. The summed E-state index contributed by atoms with van der Waals surface area (Å²) in [4.78, 5) is 4.91. The van der Waals surface area contributed by atoms with E-state index in [-0.39, 0.29) is 0 Å². The minimum absolute atomic E-state index is 0.954. The van der Waals surface area contributed by atoms with Gasteiger partial charge in [-0.05, 0) is 81.9 Å². The molecule has 0 saturated carbocycles. The number of aromatic nitrogens is 1. The third kappa shape index (κ3) is 7.07. The van der Waals surface area contributed by atoms with E-state index in [1.165, 1.54) is 58.2 Å². The van der Waals surface area contributed by atoms with Crippen LogP contribution in [0.1, 0.15) is 0 Å². The largest absolute Gasteiger partial charge is 0.256 e. The Balaban J connectivity index is 0.996. The maximum Gasteiger partial charge on any atom is 0.179 e. The van der Waals surface area contributed by atoms with Gasteiger partial charge in [-0.3, -0.25) is 4.98 Å². The second-order valence-electron chi connectivity index (χ2n) is 15.9. The molecule has 0 aliphatic carbocycles. The first-order chi connectivity index (χ1) is 30.7. The molecule has 0 amide bonds. The van der Waals surface area contributed by atoms with Gasteiger partial charge in [0, 0.05) is 11.8 Å². The molecule has 0 saturated heterocycles. The molecule has 0 radical (unpaired) electrons. The first kappa shape index (κ1) is 38.7. The second kappa shape index (κ2) is 17.3. The summed E-state index contributed by atoms with van der Waals surface area (Å²) in [6.07, 6.45) is 1.94. The van der Waals surface area contributed by atoms with Crippen molar-refractivity contribution in [3.63, 3.8) is 0 Å². The van der Waals surface area contributed by atoms with Gasteiger partial charge in [0.25, 0.3) is 0 Å². The van der Waals surface area contributed by atoms with Crippen molar-refractivity contribution in [2.45, 2.75) is 0 Å². The van der Waals surface area contributed by atoms with Crippen molar-refractivity contribution in [1.82, 2.24) is 4.98 Å². The molecule has 9 aromatic carbocycles. The van der Waals surface area contributed by atoms with Gasteiger partial charge in [0.2, 0.25) is 0 Å². The summed E-state index contributed by atoms with van der Waals surface area (Å²) in [6.45, 7) is 0. The van der Waals surface area contributed by atoms with Crippen LogP contribution in [-0.4, -0.2) is 21.1 Å². The van der Waals surface area contributed by atoms with E-state index in [1.807, 2.05) is 6.20 Å². The van der Waals surface area contributed by atoms with Gasteiger partial charge in [0.1, 0.15) is 0 Å². The van der Waals surface area contributed by atoms with Crippen molar-refractivity contribution in [2.75, 3.05) is 0 Å². The molecule has 10 rings (SSSR count). The lowest BCUT2D eigenvalue weighted by Gasteiger charge is -2.34. The molecule has 0 unspecified atom stereocenters. The first-order valence-corrected chi connectivity index (χ1v) is 25.4. The fourth-order valence-electron chi connectivity index (χ4n) is 9.58. The molecule has 1 heterocycles. The maximum absolute atomic E-state index is 4.91. The van der Waals surface area contributed by atoms with E-state index in [4.69, 9.17) is 4.98 Å². The van der Waals surface area contributed by atoms with Crippen molar-refractivity contribution < 1.29 is 0 Å². The average molecular weight is 824 g/mol. The molecule has 0 bridgehead atoms. The van der Waals surface area contributed by atoms with Crippen LogP contribution in [0, 0.1) is 0 Å². The van der Waals surface area contributed by atoms with E-state index < -0.39 is 16.1 Å². The Morgan fingerprint density at radius 1 is 0.210 bits per heavy atom. The van der Waals surface area contributed by atoms with Gasteiger partial charge in [-0.25, -0.2) is 0 Å². The summed E-state index contributed by atoms with van der Waals surface area (Å²) in [5, 5.41) is 10.9. The van der Waals surface area contributed by atoms with Crippen LogP contribution in [0.5, 0.6) is 0 Å². The minimum atomic E-state index is -2.60. The predicted molar refractivity (Wildman–Crippen MR) is 268 cm³/mol. The van der Waals surface area contributed by atoms with Crippen LogP contribution < -0.4 is 41.5 Å². The molecule has 0 spiro atoms. The third-order valence-corrected chi connectivity index (χ3v) is 22.1. The van der Waals surface area contributed by atoms with Crippen LogP contribution in [0.25, 0.3) is 33.5 Å². The Labute approximate surface area is 367 Å². The molecule has 294 valence electrons. The van der Waals surface area contributed by atoms with Crippen LogP contribution in [0.4, 0.5) is 0 Å². The Morgan fingerprint density at radius 2 is 0.500 bits per heavy atom. The van der Waals surface area contributed by atoms with Crippen molar-refractivity contribution >= 4 is 57.6 Å². The summed E-state index contributed by atoms with van der Waals surface area (Å²) in [5.74, 6) is 0. The lowest BCUT2D eigenvalue weighted by atomic mass is 9.99. The topological polar surface area (TPSA) is 12.9 Å². The van der Waals surface area contributed by atoms with E-state index in [2.05, 4.69) is 267 Å². The lowest BCUT2D eigenvalue weighted by molar-refractivity contribution is 1.33. The molecule has 10 aromatic rings. The number of nitrogens with zero attached hydrogens (tertiary/aromatic N) is 1. The van der Waals surface area contributed by atoms with Crippen LogP contribution in [0.2, 0.25) is 0 Å². The monoisotopic (exact) mass is 823 g/mol. The molecular weight excluding hydrogens is 779 g/mol. The number of hydrogen-bond acceptors (Lipinski definition) is 1. The second-order valence-corrected chi connectivity index (χ2v) is 23.5. The highest BCUT2D eigenvalue weighted by Gasteiger charge is 2.42. The van der Waals surface area contributed by atoms with Gasteiger partial charge in [0.15, 0.2) is 16.1 Å². The summed E-state index contributed by atoms with van der Waals surface area (Å²) in [7, 11) is -5.20. The van der Waals surface area contributed by atoms with E-state index in [0.29, 0.717) is 0 Å². The smallest absolute Gasteiger partial charge is 0.179 e. The highest BCUT2D eigenvalue weighted by molar-refractivity contribution is 7.20. The Bertz CT molecular complexity index is 2610. The highest BCUT2D eigenvalue weighted by Crippen LogP contribution is 2.29. The van der Waals surface area contributed by atoms with E-state index in [0.717, 1.165) is 16.8 Å². The van der Waals surface area contributed by atoms with Gasteiger partial charge in [0.05, 0.1) is 5.69 Å². The molecule has 1 nitrogen and oxygen atoms in total. The zero-order chi connectivity index (χ0) is 41.6. The van der Waals surface area contributed by atoms with E-state index in [9.17, 15) is 0 Å². The molecular formula is C59H45NSi2. The van der Waals surface area contributed by atoms with Crippen LogP contribution in [-0.2, 0) is 0 Å². The van der Waals surface area contributed by atoms with Crippen LogP contribution >= 0.6 is 0 Å². The maximum atomic E-state index is 4.91. The summed E-state index contributed by atoms with van der Waals surface area (Å²) < 4.78 is 0. The quantitative estimate of drug-likeness (QED) is 0.0940. The Morgan fingerprint density at radius 3 is 0.839 bits per heavy atom. The molecule has 1 aromatic heterocycles. The van der Waals surface area contributed by atoms with Crippen molar-refractivity contribution in [1.29, 1.82) is 0 Å². The van der Waals surface area contributed by atoms with Crippen molar-refractivity contribution in [3.05, 3.63) is 273 Å². The van der Waals surface area contributed by atoms with Crippen LogP contribution in [0.3, 0.4) is 0 Å². The van der Waals surface area contributed by atoms with Gasteiger partial charge >= 0.3 is 0 Å². The van der Waals surface area contributed by atoms with Gasteiger partial charge in [-0.15, -0.1) is 0 Å². The molecule has 0 fully saturated rings. The number of benzene rings is 9. The molecule has 62 heavy (non-hydrogen) atoms. The molecule has 0 N–H and O–H groups in total. The summed E-state index contributed by atoms with van der Waals surface area (Å²) in [5.41, 5.74) is 6.71. The van der Waals surface area contributed by atoms with Gasteiger partial charge < -0.3 is 0 Å². The van der Waals surface area contributed by atoms with E-state index >= 15 is 0 Å². The number of rotatable bonds is 11. The summed E-state index contributed by atoms with van der Waals surface area (Å²) >= 11 is 0. The zero-order valence-electron chi connectivity index (χ0n) is 34.4. The fourth-order valence-corrected chi connectivity index (χ4v) is 19.1. The Hall–Kier alpha value is -7.44. The molecule has 0 aliphatic rings. The zero-order valence-corrected chi connectivity index (χ0v) is 36.4. The third-order valence-electron chi connectivity index (χ3n) is 12.5. The molecule has 0 aliphatic heterocycles. The van der Waals surface area contributed by atoms with Crippen LogP contribution in [0.15, 0.2) is 273 Å². The first-order valence-electron chi connectivity index (χ1n) is 21.4. The average Bonchev–Trinajstić information content (AvgIpc) is 3.37. The van der Waals surface area contributed by atoms with Crippen molar-refractivity contribution in [2.24, 2.45) is 0 Å². The highest BCUT2D eigenvalue weighted by atomic mass is 28.3. The normalized spacial score (nSPS) is 11.5. The summed E-state index contributed by atoms with van der Waals surface area (Å²) in [6, 6.07) is 98.4. The standard InChI is InChI=1S/C59H45NSi2/c1-7-22-51(23-8-1)61(52-24-9-2-10-25-52,53-26-11-3-12-27-53)57-38-34-46(35-39-57)48-20-19-21-50(44-48)59-45-49(42-43-60-59)47-36-40-58(41-37-47)62(54-28-13-4-14-29-54,55-30-15-5-16-31-55)56-32-17-6-18-33-56/h1-45H. The fraction of sp³-hybridized carbons (Fsp3) is 0. The molecule has 3 heteroatoms. The van der Waals surface area contributed by atoms with Gasteiger partial charge in [-0.2, -0.15) is 0 Å².